The van der Waals surface area contributed by atoms with Crippen molar-refractivity contribution in [2.24, 2.45) is 29.1 Å². The number of unbranched alkanes of at least 4 members (excludes halogenated alkanes) is 8. The molecule has 2 aromatic carbocycles. The molecule has 0 saturated heterocycles. The highest BCUT2D eigenvalue weighted by Gasteiger charge is 2.56. The van der Waals surface area contributed by atoms with E-state index in [4.69, 9.17) is 0 Å². The van der Waals surface area contributed by atoms with E-state index in [1.807, 2.05) is 26.0 Å². The predicted octanol–water partition coefficient (Wildman–Crippen LogP) is 8.90. The molecule has 3 aliphatic carbocycles. The summed E-state index contributed by atoms with van der Waals surface area (Å²) in [6, 6.07) is 12.0. The zero-order valence-corrected chi connectivity index (χ0v) is 31.7. The van der Waals surface area contributed by atoms with E-state index in [-0.39, 0.29) is 35.0 Å². The number of aliphatic hydroxyl groups is 1. The van der Waals surface area contributed by atoms with Crippen LogP contribution < -0.4 is 10.6 Å². The van der Waals surface area contributed by atoms with Gasteiger partial charge in [0.05, 0.1) is 6.10 Å². The summed E-state index contributed by atoms with van der Waals surface area (Å²) in [7, 11) is 0. The van der Waals surface area contributed by atoms with Crippen LogP contribution in [0.4, 0.5) is 0 Å². The first kappa shape index (κ1) is 39.0. The van der Waals surface area contributed by atoms with Crippen molar-refractivity contribution in [2.45, 2.75) is 148 Å². The summed E-state index contributed by atoms with van der Waals surface area (Å²) in [4.78, 5) is 37.5. The molecule has 8 atom stereocenters. The zero-order valence-electron chi connectivity index (χ0n) is 31.7. The quantitative estimate of drug-likeness (QED) is 0.0916. The highest BCUT2D eigenvalue weighted by Crippen LogP contribution is 2.62. The van der Waals surface area contributed by atoms with Gasteiger partial charge in [0, 0.05) is 17.7 Å². The number of hydrogen-bond donors (Lipinski definition) is 4. The van der Waals surface area contributed by atoms with Crippen LogP contribution in [0.3, 0.4) is 0 Å². The second kappa shape index (κ2) is 18.0. The SMILES string of the molecule is CC[C@H](C)[C@H](NC(=O)c1ccc(C(C)=O)cc1)C(=O)NCCCCCCCCCCC[C@@H]1Cc2cc(O)ccc2[C@H]2CC[C@]3(C)[C@@H](O)CC[C@H]3[C@H]12. The van der Waals surface area contributed by atoms with Gasteiger partial charge >= 0.3 is 0 Å². The molecular weight excluding hydrogens is 636 g/mol. The van der Waals surface area contributed by atoms with Gasteiger partial charge in [-0.1, -0.05) is 96.8 Å². The van der Waals surface area contributed by atoms with Crippen molar-refractivity contribution < 1.29 is 24.6 Å². The second-order valence-corrected chi connectivity index (χ2v) is 16.5. The van der Waals surface area contributed by atoms with Gasteiger partial charge in [-0.15, -0.1) is 0 Å². The summed E-state index contributed by atoms with van der Waals surface area (Å²) < 4.78 is 0. The van der Waals surface area contributed by atoms with Gasteiger partial charge in [-0.05, 0) is 122 Å². The van der Waals surface area contributed by atoms with Crippen molar-refractivity contribution in [3.63, 3.8) is 0 Å². The number of aromatic hydroxyl groups is 1. The average molecular weight is 701 g/mol. The minimum absolute atomic E-state index is 0.000556. The van der Waals surface area contributed by atoms with Crippen LogP contribution in [0.2, 0.25) is 0 Å². The predicted molar refractivity (Wildman–Crippen MR) is 204 cm³/mol. The Bertz CT molecular complexity index is 1470. The number of aliphatic hydroxyl groups excluding tert-OH is 1. The van der Waals surface area contributed by atoms with E-state index < -0.39 is 6.04 Å². The van der Waals surface area contributed by atoms with Gasteiger partial charge in [0.15, 0.2) is 5.78 Å². The van der Waals surface area contributed by atoms with Crippen LogP contribution in [-0.2, 0) is 11.2 Å². The highest BCUT2D eigenvalue weighted by atomic mass is 16.3. The normalized spacial score (nSPS) is 26.3. The van der Waals surface area contributed by atoms with Crippen LogP contribution >= 0.6 is 0 Å². The molecule has 0 radical (unpaired) electrons. The third-order valence-electron chi connectivity index (χ3n) is 13.2. The molecule has 2 amide bonds. The van der Waals surface area contributed by atoms with Crippen molar-refractivity contribution in [3.05, 3.63) is 64.7 Å². The number of fused-ring (bicyclic) bond motifs is 5. The number of ketones is 1. The number of carbonyl (C=O) groups excluding carboxylic acids is 3. The van der Waals surface area contributed by atoms with E-state index in [0.29, 0.717) is 47.1 Å². The molecule has 0 aromatic heterocycles. The Morgan fingerprint density at radius 3 is 2.20 bits per heavy atom. The van der Waals surface area contributed by atoms with Crippen LogP contribution in [-0.4, -0.2) is 46.5 Å². The van der Waals surface area contributed by atoms with Crippen LogP contribution in [0.15, 0.2) is 42.5 Å². The van der Waals surface area contributed by atoms with E-state index in [9.17, 15) is 24.6 Å². The molecule has 7 nitrogen and oxygen atoms in total. The Morgan fingerprint density at radius 2 is 1.53 bits per heavy atom. The Balaban J connectivity index is 0.962. The molecule has 3 aliphatic rings. The number of rotatable bonds is 18. The first-order valence-corrected chi connectivity index (χ1v) is 20.2. The second-order valence-electron chi connectivity index (χ2n) is 16.5. The van der Waals surface area contributed by atoms with Gasteiger partial charge in [0.1, 0.15) is 11.8 Å². The summed E-state index contributed by atoms with van der Waals surface area (Å²) in [5.74, 6) is 2.37. The number of benzene rings is 2. The largest absolute Gasteiger partial charge is 0.508 e. The molecule has 7 heteroatoms. The summed E-state index contributed by atoms with van der Waals surface area (Å²) in [5, 5.41) is 27.2. The molecule has 0 bridgehead atoms. The van der Waals surface area contributed by atoms with Crippen LogP contribution in [0, 0.1) is 29.1 Å². The van der Waals surface area contributed by atoms with Gasteiger partial charge in [-0.2, -0.15) is 0 Å². The van der Waals surface area contributed by atoms with Crippen molar-refractivity contribution in [1.29, 1.82) is 0 Å². The minimum atomic E-state index is -0.600. The average Bonchev–Trinajstić information content (AvgIpc) is 3.43. The van der Waals surface area contributed by atoms with Crippen LogP contribution in [0.5, 0.6) is 5.75 Å². The van der Waals surface area contributed by atoms with Crippen molar-refractivity contribution in [3.8, 4) is 5.75 Å². The molecular formula is C44H64N2O5. The van der Waals surface area contributed by atoms with E-state index >= 15 is 0 Å². The smallest absolute Gasteiger partial charge is 0.251 e. The summed E-state index contributed by atoms with van der Waals surface area (Å²) in [5.41, 5.74) is 3.89. The van der Waals surface area contributed by atoms with Gasteiger partial charge in [0.25, 0.3) is 5.91 Å². The molecule has 0 spiro atoms. The highest BCUT2D eigenvalue weighted by molar-refractivity contribution is 5.99. The Kier molecular flexibility index (Phi) is 13.8. The molecule has 4 N–H and O–H groups in total. The summed E-state index contributed by atoms with van der Waals surface area (Å²) >= 11 is 0. The van der Waals surface area contributed by atoms with Crippen molar-refractivity contribution >= 4 is 17.6 Å². The summed E-state index contributed by atoms with van der Waals surface area (Å²) in [6.07, 6.45) is 18.0. The van der Waals surface area contributed by atoms with Gasteiger partial charge in [0.2, 0.25) is 5.91 Å². The molecule has 0 heterocycles. The van der Waals surface area contributed by atoms with E-state index in [1.54, 1.807) is 24.3 Å². The molecule has 2 saturated carbocycles. The molecule has 280 valence electrons. The summed E-state index contributed by atoms with van der Waals surface area (Å²) in [6.45, 7) is 8.46. The lowest BCUT2D eigenvalue weighted by atomic mass is 9.52. The van der Waals surface area contributed by atoms with Crippen molar-refractivity contribution in [2.75, 3.05) is 6.54 Å². The van der Waals surface area contributed by atoms with Gasteiger partial charge in [-0.3, -0.25) is 14.4 Å². The maximum Gasteiger partial charge on any atom is 0.251 e. The third-order valence-corrected chi connectivity index (χ3v) is 13.2. The maximum absolute atomic E-state index is 13.0. The topological polar surface area (TPSA) is 116 Å². The molecule has 51 heavy (non-hydrogen) atoms. The standard InChI is InChI=1S/C44H64N2O5/c1-5-29(2)41(46-42(50)32-18-16-31(17-19-32)30(3)47)43(51)45-26-14-12-10-8-6-7-9-11-13-15-33-27-34-28-35(48)20-21-36(34)37-24-25-44(4)38(40(33)37)22-23-39(44)49/h16-21,28-29,33,37-41,48-49H,5-15,22-27H2,1-4H3,(H,45,51)(H,46,50)/t29-,33+,37+,38-,39-,40+,41-,44-/m0/s1. The van der Waals surface area contributed by atoms with Gasteiger partial charge < -0.3 is 20.8 Å². The monoisotopic (exact) mass is 700 g/mol. The number of phenols is 1. The van der Waals surface area contributed by atoms with Crippen LogP contribution in [0.1, 0.15) is 162 Å². The van der Waals surface area contributed by atoms with E-state index in [2.05, 4.69) is 23.6 Å². The molecule has 2 aromatic rings. The number of phenolic OH excluding ortho intramolecular Hbond substituents is 1. The number of nitrogens with one attached hydrogen (secondary N) is 2. The number of amides is 2. The number of hydrogen-bond acceptors (Lipinski definition) is 5. The lowest BCUT2D eigenvalue weighted by molar-refractivity contribution is -0.124. The lowest BCUT2D eigenvalue weighted by Crippen LogP contribution is -2.50. The Labute approximate surface area is 306 Å². The fourth-order valence-electron chi connectivity index (χ4n) is 9.90. The Hall–Kier alpha value is -3.19. The molecule has 2 fully saturated rings. The molecule has 5 rings (SSSR count). The Morgan fingerprint density at radius 1 is 0.882 bits per heavy atom. The first-order chi connectivity index (χ1) is 24.5. The fraction of sp³-hybridized carbons (Fsp3) is 0.659. The molecule has 0 unspecified atom stereocenters. The molecule has 0 aliphatic heterocycles. The van der Waals surface area contributed by atoms with Crippen molar-refractivity contribution in [1.82, 2.24) is 10.6 Å². The van der Waals surface area contributed by atoms with E-state index in [1.165, 1.54) is 69.4 Å². The maximum atomic E-state index is 13.0. The zero-order chi connectivity index (χ0) is 36.5. The first-order valence-electron chi connectivity index (χ1n) is 20.2. The third kappa shape index (κ3) is 9.43. The fourth-order valence-corrected chi connectivity index (χ4v) is 9.90. The van der Waals surface area contributed by atoms with E-state index in [0.717, 1.165) is 51.4 Å². The van der Waals surface area contributed by atoms with Gasteiger partial charge in [-0.25, -0.2) is 0 Å². The number of Topliss-reactive ketones (excluding diaryl/α,β-unsaturated/α-hetero) is 1. The van der Waals surface area contributed by atoms with Crippen LogP contribution in [0.25, 0.3) is 0 Å². The minimum Gasteiger partial charge on any atom is -0.508 e. The number of carbonyl (C=O) groups is 3. The lowest BCUT2D eigenvalue weighted by Gasteiger charge is -2.53.